The Hall–Kier alpha value is -2.95. The first-order chi connectivity index (χ1) is 12.7. The molecule has 0 aliphatic rings. The second-order valence-corrected chi connectivity index (χ2v) is 6.81. The van der Waals surface area contributed by atoms with Gasteiger partial charge in [-0.2, -0.15) is 16.6 Å². The van der Waals surface area contributed by atoms with Crippen LogP contribution in [0.2, 0.25) is 0 Å². The van der Waals surface area contributed by atoms with Crippen LogP contribution in [-0.2, 0) is 4.79 Å². The molecule has 0 aliphatic heterocycles. The van der Waals surface area contributed by atoms with E-state index >= 15 is 0 Å². The van der Waals surface area contributed by atoms with E-state index in [-0.39, 0.29) is 5.57 Å². The summed E-state index contributed by atoms with van der Waals surface area (Å²) < 4.78 is 5.36. The first-order valence-electron chi connectivity index (χ1n) is 7.83. The van der Waals surface area contributed by atoms with Crippen LogP contribution in [-0.4, -0.2) is 17.5 Å². The third-order valence-electron chi connectivity index (χ3n) is 3.37. The summed E-state index contributed by atoms with van der Waals surface area (Å²) in [6.45, 7) is 2.48. The van der Waals surface area contributed by atoms with Crippen molar-refractivity contribution in [2.75, 3.05) is 11.9 Å². The molecule has 26 heavy (non-hydrogen) atoms. The Balaban J connectivity index is 1.72. The van der Waals surface area contributed by atoms with Crippen molar-refractivity contribution in [2.24, 2.45) is 0 Å². The summed E-state index contributed by atoms with van der Waals surface area (Å²) in [7, 11) is 0. The number of amides is 1. The summed E-state index contributed by atoms with van der Waals surface area (Å²) in [6, 6.07) is 10.9. The Labute approximate surface area is 159 Å². The van der Waals surface area contributed by atoms with E-state index in [9.17, 15) is 10.1 Å². The first kappa shape index (κ1) is 17.9. The number of ether oxygens (including phenoxy) is 1. The molecule has 1 aromatic carbocycles. The van der Waals surface area contributed by atoms with Gasteiger partial charge in [-0.25, -0.2) is 4.98 Å². The molecule has 3 aromatic rings. The number of nitrogens with one attached hydrogen (secondary N) is 1. The number of anilines is 1. The van der Waals surface area contributed by atoms with E-state index in [0.29, 0.717) is 18.0 Å². The Bertz CT molecular complexity index is 952. The number of thiazole rings is 1. The fourth-order valence-electron chi connectivity index (χ4n) is 2.17. The molecule has 1 amide bonds. The van der Waals surface area contributed by atoms with Crippen LogP contribution in [0.1, 0.15) is 12.6 Å². The van der Waals surface area contributed by atoms with Crippen molar-refractivity contribution < 1.29 is 9.53 Å². The summed E-state index contributed by atoms with van der Waals surface area (Å²) in [6.07, 6.45) is 1.50. The Morgan fingerprint density at radius 2 is 2.12 bits per heavy atom. The lowest BCUT2D eigenvalue weighted by molar-refractivity contribution is -0.112. The van der Waals surface area contributed by atoms with E-state index in [1.165, 1.54) is 17.4 Å². The second kappa shape index (κ2) is 8.43. The van der Waals surface area contributed by atoms with Gasteiger partial charge in [0, 0.05) is 22.0 Å². The first-order valence-corrected chi connectivity index (χ1v) is 9.66. The lowest BCUT2D eigenvalue weighted by atomic mass is 10.2. The van der Waals surface area contributed by atoms with Gasteiger partial charge in [0.1, 0.15) is 22.4 Å². The van der Waals surface area contributed by atoms with E-state index in [0.717, 1.165) is 16.3 Å². The standard InChI is InChI=1S/C19H15N3O2S2/c1-2-24-17-5-3-15(4-6-17)21-18(23)14(10-20)9-16-12-26-19(22-16)13-7-8-25-11-13/h3-9,11-12H,2H2,1H3,(H,21,23)/b14-9-. The summed E-state index contributed by atoms with van der Waals surface area (Å²) in [4.78, 5) is 16.8. The normalized spacial score (nSPS) is 11.0. The van der Waals surface area contributed by atoms with Gasteiger partial charge in [-0.1, -0.05) is 0 Å². The number of rotatable bonds is 6. The summed E-state index contributed by atoms with van der Waals surface area (Å²) in [5.74, 6) is 0.256. The maximum atomic E-state index is 12.3. The zero-order valence-corrected chi connectivity index (χ0v) is 15.6. The smallest absolute Gasteiger partial charge is 0.266 e. The van der Waals surface area contributed by atoms with Crippen molar-refractivity contribution >= 4 is 40.3 Å². The van der Waals surface area contributed by atoms with Gasteiger partial charge >= 0.3 is 0 Å². The highest BCUT2D eigenvalue weighted by Crippen LogP contribution is 2.26. The molecule has 0 unspecified atom stereocenters. The molecule has 2 aromatic heterocycles. The number of hydrogen-bond acceptors (Lipinski definition) is 6. The molecule has 7 heteroatoms. The fourth-order valence-corrected chi connectivity index (χ4v) is 3.66. The number of thiophene rings is 1. The lowest BCUT2D eigenvalue weighted by Crippen LogP contribution is -2.13. The van der Waals surface area contributed by atoms with Crippen LogP contribution < -0.4 is 10.1 Å². The summed E-state index contributed by atoms with van der Waals surface area (Å²) in [5.41, 5.74) is 2.23. The fraction of sp³-hybridized carbons (Fsp3) is 0.105. The number of nitriles is 1. The number of carbonyl (C=O) groups excluding carboxylic acids is 1. The Morgan fingerprint density at radius 3 is 2.77 bits per heavy atom. The molecular weight excluding hydrogens is 366 g/mol. The minimum Gasteiger partial charge on any atom is -0.494 e. The van der Waals surface area contributed by atoms with Crippen LogP contribution in [0.3, 0.4) is 0 Å². The second-order valence-electron chi connectivity index (χ2n) is 5.17. The van der Waals surface area contributed by atoms with Gasteiger partial charge in [0.25, 0.3) is 5.91 Å². The minimum atomic E-state index is -0.471. The van der Waals surface area contributed by atoms with E-state index in [1.54, 1.807) is 35.6 Å². The van der Waals surface area contributed by atoms with Gasteiger partial charge in [-0.15, -0.1) is 11.3 Å². The molecule has 5 nitrogen and oxygen atoms in total. The largest absolute Gasteiger partial charge is 0.494 e. The molecule has 2 heterocycles. The van der Waals surface area contributed by atoms with Crippen molar-refractivity contribution in [3.63, 3.8) is 0 Å². The van der Waals surface area contributed by atoms with Crippen LogP contribution in [0.15, 0.2) is 52.0 Å². The predicted octanol–water partition coefficient (Wildman–Crippen LogP) is 4.82. The van der Waals surface area contributed by atoms with Crippen LogP contribution >= 0.6 is 22.7 Å². The minimum absolute atomic E-state index is 0.000975. The topological polar surface area (TPSA) is 75.0 Å². The van der Waals surface area contributed by atoms with Crippen LogP contribution in [0.5, 0.6) is 5.75 Å². The van der Waals surface area contributed by atoms with E-state index < -0.39 is 5.91 Å². The van der Waals surface area contributed by atoms with Gasteiger partial charge < -0.3 is 10.1 Å². The highest BCUT2D eigenvalue weighted by Gasteiger charge is 2.11. The molecule has 1 N–H and O–H groups in total. The molecule has 0 bridgehead atoms. The van der Waals surface area contributed by atoms with Gasteiger partial charge in [0.2, 0.25) is 0 Å². The zero-order chi connectivity index (χ0) is 18.4. The maximum absolute atomic E-state index is 12.3. The number of nitrogens with zero attached hydrogens (tertiary/aromatic N) is 2. The van der Waals surface area contributed by atoms with Gasteiger partial charge in [-0.05, 0) is 48.7 Å². The lowest BCUT2D eigenvalue weighted by Gasteiger charge is -2.06. The third-order valence-corrected chi connectivity index (χ3v) is 4.96. The quantitative estimate of drug-likeness (QED) is 0.491. The number of aromatic nitrogens is 1. The molecule has 0 fully saturated rings. The average molecular weight is 381 g/mol. The molecule has 0 spiro atoms. The Kier molecular flexibility index (Phi) is 5.79. The van der Waals surface area contributed by atoms with Crippen LogP contribution in [0.4, 0.5) is 5.69 Å². The summed E-state index contributed by atoms with van der Waals surface area (Å²) >= 11 is 3.08. The Morgan fingerprint density at radius 1 is 1.31 bits per heavy atom. The summed E-state index contributed by atoms with van der Waals surface area (Å²) in [5, 5.41) is 18.7. The zero-order valence-electron chi connectivity index (χ0n) is 13.9. The molecule has 130 valence electrons. The maximum Gasteiger partial charge on any atom is 0.266 e. The number of hydrogen-bond donors (Lipinski definition) is 1. The van der Waals surface area contributed by atoms with Crippen LogP contribution in [0, 0.1) is 11.3 Å². The van der Waals surface area contributed by atoms with Gasteiger partial charge in [-0.3, -0.25) is 4.79 Å². The van der Waals surface area contributed by atoms with Crippen molar-refractivity contribution in [2.45, 2.75) is 6.92 Å². The molecule has 3 rings (SSSR count). The molecule has 0 aliphatic carbocycles. The molecular formula is C19H15N3O2S2. The van der Waals surface area contributed by atoms with E-state index in [1.807, 2.05) is 35.2 Å². The van der Waals surface area contributed by atoms with Crippen molar-refractivity contribution in [1.29, 1.82) is 5.26 Å². The predicted molar refractivity (Wildman–Crippen MR) is 105 cm³/mol. The van der Waals surface area contributed by atoms with Gasteiger partial charge in [0.05, 0.1) is 12.3 Å². The highest BCUT2D eigenvalue weighted by atomic mass is 32.1. The van der Waals surface area contributed by atoms with Crippen molar-refractivity contribution in [3.05, 3.63) is 57.7 Å². The monoisotopic (exact) mass is 381 g/mol. The molecule has 0 saturated carbocycles. The van der Waals surface area contributed by atoms with Crippen molar-refractivity contribution in [3.8, 4) is 22.4 Å². The molecule has 0 radical (unpaired) electrons. The highest BCUT2D eigenvalue weighted by molar-refractivity contribution is 7.14. The van der Waals surface area contributed by atoms with E-state index in [2.05, 4.69) is 10.3 Å². The third kappa shape index (κ3) is 4.36. The van der Waals surface area contributed by atoms with Crippen LogP contribution in [0.25, 0.3) is 16.6 Å². The molecule has 0 saturated heterocycles. The average Bonchev–Trinajstić information content (AvgIpc) is 3.33. The van der Waals surface area contributed by atoms with Gasteiger partial charge in [0.15, 0.2) is 0 Å². The number of benzene rings is 1. The van der Waals surface area contributed by atoms with Crippen molar-refractivity contribution in [1.82, 2.24) is 4.98 Å². The van der Waals surface area contributed by atoms with E-state index in [4.69, 9.17) is 4.74 Å². The molecule has 0 atom stereocenters. The SMILES string of the molecule is CCOc1ccc(NC(=O)/C(C#N)=C\c2csc(-c3ccsc3)n2)cc1. The number of carbonyl (C=O) groups is 1.